The largest absolute Gasteiger partial charge is 0.306 e. The molecule has 0 saturated carbocycles. The van der Waals surface area contributed by atoms with E-state index < -0.39 is 0 Å². The second-order valence-electron chi connectivity index (χ2n) is 1.83. The fourth-order valence-electron chi connectivity index (χ4n) is 0.316. The number of hydrogen-bond acceptors (Lipinski definition) is 1. The molecule has 0 aromatic rings. The van der Waals surface area contributed by atoms with E-state index in [0.717, 1.165) is 6.54 Å². The van der Waals surface area contributed by atoms with Crippen molar-refractivity contribution in [1.82, 2.24) is 4.90 Å². The Labute approximate surface area is 63.6 Å². The van der Waals surface area contributed by atoms with Gasteiger partial charge < -0.3 is 4.90 Å². The Morgan fingerprint density at radius 2 is 1.88 bits per heavy atom. The molecule has 0 atom stereocenters. The summed E-state index contributed by atoms with van der Waals surface area (Å²) in [6, 6.07) is 0. The Bertz CT molecular complexity index is 59.5. The van der Waals surface area contributed by atoms with E-state index in [1.807, 2.05) is 6.92 Å². The van der Waals surface area contributed by atoms with E-state index in [1.54, 1.807) is 0 Å². The van der Waals surface area contributed by atoms with Gasteiger partial charge in [-0.3, -0.25) is 0 Å². The van der Waals surface area contributed by atoms with Gasteiger partial charge in [0.05, 0.1) is 0 Å². The maximum atomic E-state index is 2.12. The quantitative estimate of drug-likeness (QED) is 0.533. The van der Waals surface area contributed by atoms with E-state index in [1.165, 1.54) is 0 Å². The van der Waals surface area contributed by atoms with Gasteiger partial charge in [0.25, 0.3) is 0 Å². The van der Waals surface area contributed by atoms with E-state index in [9.17, 15) is 0 Å². The summed E-state index contributed by atoms with van der Waals surface area (Å²) in [6.07, 6.45) is 4.18. The number of nitrogens with zero attached hydrogens (tertiary/aromatic N) is 1. The van der Waals surface area contributed by atoms with Crippen molar-refractivity contribution in [2.75, 3.05) is 20.6 Å². The van der Waals surface area contributed by atoms with Crippen LogP contribution in [0.25, 0.3) is 0 Å². The average Bonchev–Trinajstić information content (AvgIpc) is 1.61. The van der Waals surface area contributed by atoms with Crippen LogP contribution in [-0.4, -0.2) is 25.5 Å². The first-order chi connectivity index (χ1) is 3.27. The zero-order chi connectivity index (χ0) is 5.70. The van der Waals surface area contributed by atoms with E-state index in [0.29, 0.717) is 0 Å². The van der Waals surface area contributed by atoms with Crippen molar-refractivity contribution in [2.45, 2.75) is 6.92 Å². The maximum Gasteiger partial charge on any atom is 0.0157 e. The van der Waals surface area contributed by atoms with E-state index in [-0.39, 0.29) is 18.6 Å². The second-order valence-corrected chi connectivity index (χ2v) is 1.83. The number of allylic oxidation sites excluding steroid dienone is 1. The molecular weight excluding hydrogens is 137 g/mol. The van der Waals surface area contributed by atoms with Crippen LogP contribution >= 0.6 is 0 Å². The van der Waals surface area contributed by atoms with Crippen molar-refractivity contribution in [3.63, 3.8) is 0 Å². The van der Waals surface area contributed by atoms with E-state index in [4.69, 9.17) is 0 Å². The summed E-state index contributed by atoms with van der Waals surface area (Å²) in [5, 5.41) is 0. The first-order valence-electron chi connectivity index (χ1n) is 2.53. The fourth-order valence-corrected chi connectivity index (χ4v) is 0.316. The van der Waals surface area contributed by atoms with Crippen LogP contribution < -0.4 is 0 Å². The zero-order valence-electron chi connectivity index (χ0n) is 5.76. The summed E-state index contributed by atoms with van der Waals surface area (Å²) in [4.78, 5) is 2.12. The molecule has 0 heterocycles. The minimum Gasteiger partial charge on any atom is -0.306 e. The molecule has 0 aromatic heterocycles. The summed E-state index contributed by atoms with van der Waals surface area (Å²) in [5.41, 5.74) is 0. The Balaban J connectivity index is 0. The SMILES string of the molecule is C/C=C\CN(C)C.[V]. The molecule has 0 amide bonds. The molecule has 0 aliphatic rings. The summed E-state index contributed by atoms with van der Waals surface area (Å²) >= 11 is 0. The molecule has 2 heteroatoms. The maximum absolute atomic E-state index is 2.12. The Kier molecular flexibility index (Phi) is 10.1. The van der Waals surface area contributed by atoms with Gasteiger partial charge in [-0.05, 0) is 21.0 Å². The molecule has 0 fully saturated rings. The molecule has 0 bridgehead atoms. The third-order valence-electron chi connectivity index (χ3n) is 0.706. The number of rotatable bonds is 2. The molecule has 1 radical (unpaired) electrons. The molecule has 0 saturated heterocycles. The molecule has 0 aromatic carbocycles. The van der Waals surface area contributed by atoms with Gasteiger partial charge in [0.2, 0.25) is 0 Å². The molecule has 47 valence electrons. The van der Waals surface area contributed by atoms with Gasteiger partial charge in [0, 0.05) is 25.1 Å². The van der Waals surface area contributed by atoms with Crippen LogP contribution in [0, 0.1) is 0 Å². The number of hydrogen-bond donors (Lipinski definition) is 0. The van der Waals surface area contributed by atoms with Crippen molar-refractivity contribution in [1.29, 1.82) is 0 Å². The monoisotopic (exact) mass is 150 g/mol. The van der Waals surface area contributed by atoms with E-state index in [2.05, 4.69) is 31.1 Å². The van der Waals surface area contributed by atoms with Gasteiger partial charge in [-0.15, -0.1) is 0 Å². The molecular formula is C6H13NV. The van der Waals surface area contributed by atoms with Gasteiger partial charge >= 0.3 is 0 Å². The van der Waals surface area contributed by atoms with Crippen LogP contribution in [0.1, 0.15) is 6.92 Å². The first kappa shape index (κ1) is 11.1. The van der Waals surface area contributed by atoms with Gasteiger partial charge in [-0.1, -0.05) is 12.2 Å². The molecule has 0 unspecified atom stereocenters. The molecule has 0 spiro atoms. The van der Waals surface area contributed by atoms with Crippen molar-refractivity contribution in [3.8, 4) is 0 Å². The standard InChI is InChI=1S/C6H13N.V/c1-4-5-6-7(2)3;/h4-5H,6H2,1-3H3;/b5-4-;. The van der Waals surface area contributed by atoms with Gasteiger partial charge in [0.15, 0.2) is 0 Å². The fraction of sp³-hybridized carbons (Fsp3) is 0.667. The third-order valence-corrected chi connectivity index (χ3v) is 0.706. The molecule has 8 heavy (non-hydrogen) atoms. The summed E-state index contributed by atoms with van der Waals surface area (Å²) in [6.45, 7) is 3.08. The normalized spacial score (nSPS) is 10.0. The van der Waals surface area contributed by atoms with E-state index >= 15 is 0 Å². The van der Waals surface area contributed by atoms with Crippen molar-refractivity contribution < 1.29 is 18.6 Å². The zero-order valence-corrected chi connectivity index (χ0v) is 7.15. The summed E-state index contributed by atoms with van der Waals surface area (Å²) in [5.74, 6) is 0. The van der Waals surface area contributed by atoms with Gasteiger partial charge in [0.1, 0.15) is 0 Å². The second kappa shape index (κ2) is 7.28. The van der Waals surface area contributed by atoms with Crippen LogP contribution in [0.4, 0.5) is 0 Å². The Morgan fingerprint density at radius 1 is 1.38 bits per heavy atom. The van der Waals surface area contributed by atoms with Gasteiger partial charge in [-0.25, -0.2) is 0 Å². The van der Waals surface area contributed by atoms with Crippen molar-refractivity contribution in [2.24, 2.45) is 0 Å². The third kappa shape index (κ3) is 9.56. The minimum atomic E-state index is 0. The first-order valence-corrected chi connectivity index (χ1v) is 2.53. The summed E-state index contributed by atoms with van der Waals surface area (Å²) < 4.78 is 0. The van der Waals surface area contributed by atoms with Crippen LogP contribution in [0.2, 0.25) is 0 Å². The topological polar surface area (TPSA) is 3.24 Å². The average molecular weight is 150 g/mol. The smallest absolute Gasteiger partial charge is 0.0157 e. The van der Waals surface area contributed by atoms with Crippen molar-refractivity contribution >= 4 is 0 Å². The van der Waals surface area contributed by atoms with Crippen LogP contribution in [0.3, 0.4) is 0 Å². The summed E-state index contributed by atoms with van der Waals surface area (Å²) in [7, 11) is 4.11. The molecule has 0 aliphatic carbocycles. The molecule has 0 aliphatic heterocycles. The van der Waals surface area contributed by atoms with Crippen molar-refractivity contribution in [3.05, 3.63) is 12.2 Å². The predicted molar refractivity (Wildman–Crippen MR) is 33.4 cm³/mol. The molecule has 0 rings (SSSR count). The number of likely N-dealkylation sites (N-methyl/N-ethyl adjacent to an activating group) is 1. The predicted octanol–water partition coefficient (Wildman–Crippen LogP) is 1.12. The minimum absolute atomic E-state index is 0. The van der Waals surface area contributed by atoms with Gasteiger partial charge in [-0.2, -0.15) is 0 Å². The Morgan fingerprint density at radius 3 is 2.00 bits per heavy atom. The van der Waals surface area contributed by atoms with Crippen LogP contribution in [0.15, 0.2) is 12.2 Å². The van der Waals surface area contributed by atoms with Crippen LogP contribution in [0.5, 0.6) is 0 Å². The Hall–Kier alpha value is 0.284. The molecule has 1 nitrogen and oxygen atoms in total. The van der Waals surface area contributed by atoms with Crippen LogP contribution in [-0.2, 0) is 18.6 Å². The molecule has 0 N–H and O–H groups in total.